The first kappa shape index (κ1) is 24.0. The second kappa shape index (κ2) is 9.77. The molecular formula is C12H23BF3KN2O2. The molecule has 0 aromatic carbocycles. The molecule has 0 unspecified atom stereocenters. The third-order valence-corrected chi connectivity index (χ3v) is 2.59. The van der Waals surface area contributed by atoms with Gasteiger partial charge in [0.15, 0.2) is 0 Å². The Bertz CT molecular complexity index is 325. The molecule has 1 saturated heterocycles. The molecule has 1 aliphatic heterocycles. The molecule has 0 atom stereocenters. The van der Waals surface area contributed by atoms with Crippen molar-refractivity contribution in [2.45, 2.75) is 45.8 Å². The summed E-state index contributed by atoms with van der Waals surface area (Å²) in [6, 6.07) is 0. The number of hydrogen-bond acceptors (Lipinski definition) is 3. The number of nitrogens with zero attached hydrogens (tertiary/aromatic N) is 2. The van der Waals surface area contributed by atoms with Crippen molar-refractivity contribution in [3.63, 3.8) is 0 Å². The maximum atomic E-state index is 12.0. The van der Waals surface area contributed by atoms with E-state index < -0.39 is 13.1 Å². The van der Waals surface area contributed by atoms with Crippen LogP contribution in [-0.4, -0.2) is 54.2 Å². The summed E-state index contributed by atoms with van der Waals surface area (Å²) in [6.45, 7) is 12.0. The van der Waals surface area contributed by atoms with Gasteiger partial charge in [-0.25, -0.2) is 4.79 Å². The Morgan fingerprint density at radius 1 is 1.24 bits per heavy atom. The first-order valence-electron chi connectivity index (χ1n) is 6.33. The summed E-state index contributed by atoms with van der Waals surface area (Å²) in [5.41, 5.74) is -0.656. The van der Waals surface area contributed by atoms with Crippen molar-refractivity contribution < 1.29 is 73.9 Å². The van der Waals surface area contributed by atoms with Gasteiger partial charge < -0.3 is 14.5 Å². The minimum atomic E-state index is -3.67. The molecule has 1 fully saturated rings. The maximum absolute atomic E-state index is 12.0. The van der Waals surface area contributed by atoms with Crippen molar-refractivity contribution in [2.24, 2.45) is 0 Å². The summed E-state index contributed by atoms with van der Waals surface area (Å²) in [5, 5.41) is 0. The molecule has 9 heteroatoms. The second-order valence-electron chi connectivity index (χ2n) is 6.24. The third kappa shape index (κ3) is 11.0. The smallest absolute Gasteiger partial charge is 0.456 e. The molecule has 1 heterocycles. The molecule has 4 nitrogen and oxygen atoms in total. The van der Waals surface area contributed by atoms with Crippen molar-refractivity contribution in [2.75, 3.05) is 19.6 Å². The molecule has 1 aliphatic rings. The fraction of sp³-hybridized carbons (Fsp3) is 0.833. The van der Waals surface area contributed by atoms with Crippen LogP contribution in [0.2, 0.25) is 0 Å². The fourth-order valence-corrected chi connectivity index (χ4v) is 1.91. The molecule has 0 aromatic rings. The van der Waals surface area contributed by atoms with E-state index >= 15 is 0 Å². The minimum Gasteiger partial charge on any atom is -0.456 e. The molecule has 21 heavy (non-hydrogen) atoms. The predicted octanol–water partition coefficient (Wildman–Crippen LogP) is -0.00691. The monoisotopic (exact) mass is 334 g/mol. The maximum Gasteiger partial charge on any atom is 1.00 e. The first-order valence-corrected chi connectivity index (χ1v) is 6.33. The molecule has 0 N–H and O–H groups in total. The average molecular weight is 334 g/mol. The van der Waals surface area contributed by atoms with Crippen LogP contribution in [0.5, 0.6) is 0 Å². The van der Waals surface area contributed by atoms with E-state index in [0.29, 0.717) is 6.54 Å². The third-order valence-electron chi connectivity index (χ3n) is 2.59. The Morgan fingerprint density at radius 3 is 2.00 bits per heavy atom. The van der Waals surface area contributed by atoms with Gasteiger partial charge in [-0.1, -0.05) is 0 Å². The number of halogens is 3. The summed E-state index contributed by atoms with van der Waals surface area (Å²) in [4.78, 5) is 15.8. The average Bonchev–Trinajstić information content (AvgIpc) is 2.10. The van der Waals surface area contributed by atoms with Crippen molar-refractivity contribution >= 4 is 13.6 Å². The van der Waals surface area contributed by atoms with Crippen molar-refractivity contribution in [1.82, 2.24) is 9.80 Å². The number of hydrogen-bond donors (Lipinski definition) is 0. The van der Waals surface area contributed by atoms with Crippen LogP contribution in [0.4, 0.5) is 17.7 Å². The number of ether oxygens (including phenoxy) is 1. The van der Waals surface area contributed by atoms with Crippen LogP contribution in [-0.2, 0) is 4.74 Å². The molecule has 0 radical (unpaired) electrons. The minimum absolute atomic E-state index is 0. The van der Waals surface area contributed by atoms with E-state index in [9.17, 15) is 17.7 Å². The normalized spacial score (nSPS) is 18.0. The number of carbonyl (C=O) groups is 1. The Balaban J connectivity index is 0. The van der Waals surface area contributed by atoms with Crippen LogP contribution in [0.1, 0.15) is 34.6 Å². The first-order chi connectivity index (χ1) is 8.85. The zero-order valence-electron chi connectivity index (χ0n) is 13.8. The van der Waals surface area contributed by atoms with Crippen LogP contribution in [0.25, 0.3) is 0 Å². The number of piperazine rings is 1. The molecule has 0 aromatic heterocycles. The number of amides is 1. The van der Waals surface area contributed by atoms with Crippen molar-refractivity contribution in [3.8, 4) is 0 Å². The molecular weight excluding hydrogens is 311 g/mol. The van der Waals surface area contributed by atoms with Crippen LogP contribution in [0, 0.1) is 7.05 Å². The van der Waals surface area contributed by atoms with Crippen LogP contribution >= 0.6 is 0 Å². The van der Waals surface area contributed by atoms with Crippen LogP contribution < -0.4 is 51.4 Å². The van der Waals surface area contributed by atoms with Gasteiger partial charge in [0.1, 0.15) is 5.60 Å². The summed E-state index contributed by atoms with van der Waals surface area (Å²) < 4.78 is 34.4. The van der Waals surface area contributed by atoms with Gasteiger partial charge in [-0.15, -0.1) is 0 Å². The SMILES string of the molecule is FB(F)F.[CH2-]N1CCN(C(=O)OC(C)(C)C)C(C)(C)C1.[K+]. The molecule has 0 saturated carbocycles. The van der Waals surface area contributed by atoms with E-state index in [1.54, 1.807) is 4.90 Å². The van der Waals surface area contributed by atoms with E-state index in [4.69, 9.17) is 4.74 Å². The summed E-state index contributed by atoms with van der Waals surface area (Å²) in [5.74, 6) is 0. The standard InChI is InChI=1S/C12H23N2O2.BF3.K/c1-11(2,3)16-10(15)14-8-7-13(6)9-12(14,4)5;2-1(3)4;/h6-9H2,1-5H3;;/q-1;;+1. The van der Waals surface area contributed by atoms with Gasteiger partial charge in [-0.3, -0.25) is 20.0 Å². The Kier molecular flexibility index (Phi) is 11.2. The van der Waals surface area contributed by atoms with Gasteiger partial charge in [0.05, 0.1) is 5.54 Å². The molecule has 118 valence electrons. The van der Waals surface area contributed by atoms with E-state index in [0.717, 1.165) is 13.1 Å². The fourth-order valence-electron chi connectivity index (χ4n) is 1.91. The second-order valence-corrected chi connectivity index (χ2v) is 6.24. The van der Waals surface area contributed by atoms with Gasteiger partial charge in [0, 0.05) is 6.54 Å². The molecule has 0 bridgehead atoms. The van der Waals surface area contributed by atoms with E-state index in [1.807, 2.05) is 39.5 Å². The topological polar surface area (TPSA) is 32.8 Å². The Labute approximate surface area is 168 Å². The van der Waals surface area contributed by atoms with Gasteiger partial charge >= 0.3 is 65.0 Å². The van der Waals surface area contributed by atoms with E-state index in [-0.39, 0.29) is 63.0 Å². The zero-order valence-corrected chi connectivity index (χ0v) is 16.9. The molecule has 1 rings (SSSR count). The van der Waals surface area contributed by atoms with Crippen LogP contribution in [0.15, 0.2) is 0 Å². The van der Waals surface area contributed by atoms with Crippen LogP contribution in [0.3, 0.4) is 0 Å². The number of carbonyl (C=O) groups excluding carboxylic acids is 1. The van der Waals surface area contributed by atoms with Crippen molar-refractivity contribution in [3.05, 3.63) is 7.05 Å². The van der Waals surface area contributed by atoms with Gasteiger partial charge in [-0.05, 0) is 47.7 Å². The largest absolute Gasteiger partial charge is 1.00 e. The Hall–Kier alpha value is 0.721. The molecule has 1 amide bonds. The quantitative estimate of drug-likeness (QED) is 0.462. The van der Waals surface area contributed by atoms with E-state index in [2.05, 4.69) is 7.05 Å². The number of rotatable bonds is 0. The van der Waals surface area contributed by atoms with Gasteiger partial charge in [-0.2, -0.15) is 0 Å². The summed E-state index contributed by atoms with van der Waals surface area (Å²) in [7, 11) is 0.249. The zero-order chi connectivity index (χ0) is 16.1. The summed E-state index contributed by atoms with van der Waals surface area (Å²) >= 11 is 0. The van der Waals surface area contributed by atoms with Gasteiger partial charge in [0.2, 0.25) is 0 Å². The molecule has 0 aliphatic carbocycles. The van der Waals surface area contributed by atoms with E-state index in [1.165, 1.54) is 0 Å². The predicted molar refractivity (Wildman–Crippen MR) is 73.0 cm³/mol. The van der Waals surface area contributed by atoms with Crippen molar-refractivity contribution in [1.29, 1.82) is 0 Å². The Morgan fingerprint density at radius 2 is 1.67 bits per heavy atom. The summed E-state index contributed by atoms with van der Waals surface area (Å²) in [6.07, 6.45) is -0.231. The van der Waals surface area contributed by atoms with Gasteiger partial charge in [0.25, 0.3) is 0 Å². The molecule has 0 spiro atoms.